The van der Waals surface area contributed by atoms with Crippen molar-refractivity contribution in [2.24, 2.45) is 0 Å². The van der Waals surface area contributed by atoms with Crippen molar-refractivity contribution >= 4 is 11.8 Å². The lowest BCUT2D eigenvalue weighted by Crippen LogP contribution is -2.25. The summed E-state index contributed by atoms with van der Waals surface area (Å²) in [6.45, 7) is 3.27. The quantitative estimate of drug-likeness (QED) is 0.805. The predicted molar refractivity (Wildman–Crippen MR) is 67.2 cm³/mol. The fourth-order valence-corrected chi connectivity index (χ4v) is 3.39. The fourth-order valence-electron chi connectivity index (χ4n) is 2.24. The summed E-state index contributed by atoms with van der Waals surface area (Å²) in [5.41, 5.74) is 1.36. The molecule has 0 aromatic carbocycles. The van der Waals surface area contributed by atoms with Crippen LogP contribution in [0, 0.1) is 0 Å². The summed E-state index contributed by atoms with van der Waals surface area (Å²) in [6.07, 6.45) is 8.15. The van der Waals surface area contributed by atoms with E-state index >= 15 is 0 Å². The minimum absolute atomic E-state index is 0.740. The predicted octanol–water partition coefficient (Wildman–Crippen LogP) is 2.78. The molecule has 1 fully saturated rings. The summed E-state index contributed by atoms with van der Waals surface area (Å²) in [4.78, 5) is 3.09. The van der Waals surface area contributed by atoms with Crippen LogP contribution in [0.2, 0.25) is 0 Å². The van der Waals surface area contributed by atoms with E-state index in [1.54, 1.807) is 0 Å². The lowest BCUT2D eigenvalue weighted by Gasteiger charge is -2.12. The van der Waals surface area contributed by atoms with Crippen LogP contribution in [0.3, 0.4) is 0 Å². The van der Waals surface area contributed by atoms with Gasteiger partial charge in [-0.2, -0.15) is 11.8 Å². The summed E-state index contributed by atoms with van der Waals surface area (Å²) < 4.78 is 0. The van der Waals surface area contributed by atoms with Gasteiger partial charge in [0.05, 0.1) is 0 Å². The van der Waals surface area contributed by atoms with Crippen molar-refractivity contribution in [3.63, 3.8) is 0 Å². The normalized spacial score (nSPS) is 25.9. The average molecular weight is 224 g/mol. The topological polar surface area (TPSA) is 27.8 Å². The minimum Gasteiger partial charge on any atom is -0.367 e. The summed E-state index contributed by atoms with van der Waals surface area (Å²) >= 11 is 2.12. The molecule has 0 amide bonds. The maximum atomic E-state index is 3.64. The zero-order chi connectivity index (χ0) is 10.5. The highest BCUT2D eigenvalue weighted by molar-refractivity contribution is 7.99. The number of hydrogen-bond donors (Lipinski definition) is 2. The molecule has 0 saturated heterocycles. The fraction of sp³-hybridized carbons (Fsp3) is 0.667. The maximum absolute atomic E-state index is 3.64. The molecular weight excluding hydrogens is 204 g/mol. The van der Waals surface area contributed by atoms with Crippen molar-refractivity contribution in [2.45, 2.75) is 44.0 Å². The lowest BCUT2D eigenvalue weighted by atomic mass is 10.2. The molecule has 2 rings (SSSR count). The standard InChI is InChI=1S/C12H20N2S/c1-2-15-12-4-3-11(7-12)14-9-10-5-6-13-8-10/h5-6,8,11-14H,2-4,7,9H2,1H3. The van der Waals surface area contributed by atoms with Crippen molar-refractivity contribution in [2.75, 3.05) is 5.75 Å². The second kappa shape index (κ2) is 5.61. The number of rotatable bonds is 5. The van der Waals surface area contributed by atoms with Crippen LogP contribution in [-0.2, 0) is 6.54 Å². The highest BCUT2D eigenvalue weighted by atomic mass is 32.2. The largest absolute Gasteiger partial charge is 0.367 e. The zero-order valence-corrected chi connectivity index (χ0v) is 10.1. The van der Waals surface area contributed by atoms with Crippen LogP contribution in [0.15, 0.2) is 18.5 Å². The summed E-state index contributed by atoms with van der Waals surface area (Å²) in [6, 6.07) is 2.88. The molecule has 15 heavy (non-hydrogen) atoms. The van der Waals surface area contributed by atoms with Crippen LogP contribution in [0.4, 0.5) is 0 Å². The van der Waals surface area contributed by atoms with E-state index in [2.05, 4.69) is 41.2 Å². The van der Waals surface area contributed by atoms with Crippen LogP contribution < -0.4 is 5.32 Å². The Kier molecular flexibility index (Phi) is 4.15. The average Bonchev–Trinajstić information content (AvgIpc) is 2.85. The first-order valence-corrected chi connectivity index (χ1v) is 6.90. The molecule has 2 atom stereocenters. The number of thioether (sulfide) groups is 1. The van der Waals surface area contributed by atoms with Gasteiger partial charge in [-0.05, 0) is 36.6 Å². The second-order valence-corrected chi connectivity index (χ2v) is 5.76. The highest BCUT2D eigenvalue weighted by Gasteiger charge is 2.23. The van der Waals surface area contributed by atoms with Gasteiger partial charge in [0.15, 0.2) is 0 Å². The van der Waals surface area contributed by atoms with Gasteiger partial charge in [0.1, 0.15) is 0 Å². The Morgan fingerprint density at radius 1 is 1.53 bits per heavy atom. The summed E-state index contributed by atoms with van der Waals surface area (Å²) in [7, 11) is 0. The van der Waals surface area contributed by atoms with E-state index in [4.69, 9.17) is 0 Å². The third kappa shape index (κ3) is 3.28. The first kappa shape index (κ1) is 11.1. The molecule has 2 nitrogen and oxygen atoms in total. The Balaban J connectivity index is 1.69. The molecule has 1 aliphatic carbocycles. The van der Waals surface area contributed by atoms with Gasteiger partial charge in [0.2, 0.25) is 0 Å². The van der Waals surface area contributed by atoms with Crippen molar-refractivity contribution in [3.8, 4) is 0 Å². The van der Waals surface area contributed by atoms with E-state index in [1.807, 2.05) is 6.20 Å². The molecule has 1 saturated carbocycles. The Hall–Kier alpha value is -0.410. The van der Waals surface area contributed by atoms with E-state index in [-0.39, 0.29) is 0 Å². The zero-order valence-electron chi connectivity index (χ0n) is 9.33. The minimum atomic E-state index is 0.740. The Morgan fingerprint density at radius 2 is 2.47 bits per heavy atom. The van der Waals surface area contributed by atoms with Crippen molar-refractivity contribution in [3.05, 3.63) is 24.0 Å². The second-order valence-electron chi connectivity index (χ2n) is 4.19. The molecule has 2 N–H and O–H groups in total. The van der Waals surface area contributed by atoms with Gasteiger partial charge in [-0.3, -0.25) is 0 Å². The van der Waals surface area contributed by atoms with E-state index < -0.39 is 0 Å². The van der Waals surface area contributed by atoms with Gasteiger partial charge in [-0.25, -0.2) is 0 Å². The molecule has 3 heteroatoms. The van der Waals surface area contributed by atoms with Gasteiger partial charge >= 0.3 is 0 Å². The first-order valence-electron chi connectivity index (χ1n) is 5.85. The van der Waals surface area contributed by atoms with E-state index in [0.29, 0.717) is 0 Å². The van der Waals surface area contributed by atoms with E-state index in [0.717, 1.165) is 17.8 Å². The van der Waals surface area contributed by atoms with Gasteiger partial charge in [-0.1, -0.05) is 6.92 Å². The van der Waals surface area contributed by atoms with Crippen LogP contribution >= 0.6 is 11.8 Å². The molecule has 0 aliphatic heterocycles. The number of aromatic nitrogens is 1. The third-order valence-corrected chi connectivity index (χ3v) is 4.28. The number of H-pyrrole nitrogens is 1. The van der Waals surface area contributed by atoms with Gasteiger partial charge in [0.25, 0.3) is 0 Å². The summed E-state index contributed by atoms with van der Waals surface area (Å²) in [5.74, 6) is 1.26. The number of hydrogen-bond acceptors (Lipinski definition) is 2. The van der Waals surface area contributed by atoms with Crippen molar-refractivity contribution in [1.82, 2.24) is 10.3 Å². The molecular formula is C12H20N2S. The molecule has 84 valence electrons. The van der Waals surface area contributed by atoms with E-state index in [9.17, 15) is 0 Å². The highest BCUT2D eigenvalue weighted by Crippen LogP contribution is 2.29. The first-order chi connectivity index (χ1) is 7.38. The van der Waals surface area contributed by atoms with Gasteiger partial charge in [-0.15, -0.1) is 0 Å². The molecule has 1 heterocycles. The molecule has 1 aromatic rings. The molecule has 0 spiro atoms. The molecule has 1 aliphatic rings. The molecule has 0 bridgehead atoms. The summed E-state index contributed by atoms with van der Waals surface area (Å²) in [5, 5.41) is 4.54. The van der Waals surface area contributed by atoms with Crippen LogP contribution in [-0.4, -0.2) is 22.0 Å². The number of nitrogens with one attached hydrogen (secondary N) is 2. The van der Waals surface area contributed by atoms with Crippen molar-refractivity contribution < 1.29 is 0 Å². The van der Waals surface area contributed by atoms with Gasteiger partial charge in [0, 0.05) is 30.2 Å². The number of aromatic amines is 1. The van der Waals surface area contributed by atoms with Crippen LogP contribution in [0.5, 0.6) is 0 Å². The SMILES string of the molecule is CCSC1CCC(NCc2cc[nH]c2)C1. The Morgan fingerprint density at radius 3 is 3.20 bits per heavy atom. The van der Waals surface area contributed by atoms with E-state index in [1.165, 1.54) is 30.6 Å². The third-order valence-electron chi connectivity index (χ3n) is 3.04. The van der Waals surface area contributed by atoms with Gasteiger partial charge < -0.3 is 10.3 Å². The smallest absolute Gasteiger partial charge is 0.0223 e. The molecule has 2 unspecified atom stereocenters. The molecule has 0 radical (unpaired) electrons. The van der Waals surface area contributed by atoms with Crippen molar-refractivity contribution in [1.29, 1.82) is 0 Å². The lowest BCUT2D eigenvalue weighted by molar-refractivity contribution is 0.525. The monoisotopic (exact) mass is 224 g/mol. The van der Waals surface area contributed by atoms with Crippen LogP contribution in [0.25, 0.3) is 0 Å². The Bertz CT molecular complexity index is 271. The van der Waals surface area contributed by atoms with Crippen LogP contribution in [0.1, 0.15) is 31.7 Å². The Labute approximate surface area is 96.2 Å². The molecule has 1 aromatic heterocycles. The maximum Gasteiger partial charge on any atom is 0.0223 e.